The Morgan fingerprint density at radius 3 is 2.56 bits per heavy atom. The van der Waals surface area contributed by atoms with Crippen LogP contribution in [-0.2, 0) is 22.7 Å². The number of benzene rings is 1. The third kappa shape index (κ3) is 5.71. The molecule has 34 heavy (non-hydrogen) atoms. The summed E-state index contributed by atoms with van der Waals surface area (Å²) in [5.41, 5.74) is 2.02. The summed E-state index contributed by atoms with van der Waals surface area (Å²) in [4.78, 5) is 48.0. The lowest BCUT2D eigenvalue weighted by molar-refractivity contribution is -0.133. The van der Waals surface area contributed by atoms with Gasteiger partial charge in [0.05, 0.1) is 11.7 Å². The molecule has 0 unspecified atom stereocenters. The fourth-order valence-electron chi connectivity index (χ4n) is 4.22. The lowest BCUT2D eigenvalue weighted by Crippen LogP contribution is -2.48. The van der Waals surface area contributed by atoms with Crippen LogP contribution in [0, 0.1) is 13.8 Å². The standard InChI is InChI=1S/C25H31N5O3S/c1-18-19(2)34-24-23(18)25(33)30(17-27-24)16-21(31)26-10-6-9-22(32)29-13-11-28(12-14-29)15-20-7-4-3-5-8-20/h3-5,7-8,17H,6,9-16H2,1-2H3,(H,26,31). The first-order chi connectivity index (χ1) is 16.4. The van der Waals surface area contributed by atoms with Gasteiger partial charge in [-0.2, -0.15) is 0 Å². The highest BCUT2D eigenvalue weighted by atomic mass is 32.1. The van der Waals surface area contributed by atoms with Crippen molar-refractivity contribution in [3.63, 3.8) is 0 Å². The van der Waals surface area contributed by atoms with E-state index in [1.807, 2.05) is 36.9 Å². The van der Waals surface area contributed by atoms with E-state index in [1.165, 1.54) is 27.8 Å². The van der Waals surface area contributed by atoms with Gasteiger partial charge in [-0.3, -0.25) is 23.9 Å². The van der Waals surface area contributed by atoms with Crippen molar-refractivity contribution >= 4 is 33.4 Å². The number of carbonyl (C=O) groups is 2. The molecule has 1 aliphatic rings. The minimum atomic E-state index is -0.255. The highest BCUT2D eigenvalue weighted by molar-refractivity contribution is 7.18. The minimum absolute atomic E-state index is 0.0760. The number of amides is 2. The van der Waals surface area contributed by atoms with Gasteiger partial charge in [0.1, 0.15) is 11.4 Å². The average Bonchev–Trinajstić information content (AvgIpc) is 3.13. The number of aromatic nitrogens is 2. The maximum atomic E-state index is 12.7. The molecule has 3 aromatic rings. The molecule has 1 fully saturated rings. The molecule has 3 heterocycles. The Balaban J connectivity index is 1.17. The predicted molar refractivity (Wildman–Crippen MR) is 134 cm³/mol. The van der Waals surface area contributed by atoms with Crippen LogP contribution in [0.2, 0.25) is 0 Å². The van der Waals surface area contributed by atoms with Crippen LogP contribution in [0.15, 0.2) is 41.5 Å². The summed E-state index contributed by atoms with van der Waals surface area (Å²) < 4.78 is 1.34. The molecule has 2 aromatic heterocycles. The Morgan fingerprint density at radius 1 is 1.09 bits per heavy atom. The Bertz CT molecular complexity index is 1210. The molecule has 1 aromatic carbocycles. The number of rotatable bonds is 8. The van der Waals surface area contributed by atoms with Crippen molar-refractivity contribution in [1.29, 1.82) is 0 Å². The third-order valence-corrected chi connectivity index (χ3v) is 7.45. The number of hydrogen-bond donors (Lipinski definition) is 1. The van der Waals surface area contributed by atoms with E-state index in [4.69, 9.17) is 0 Å². The molecular weight excluding hydrogens is 450 g/mol. The van der Waals surface area contributed by atoms with Crippen LogP contribution in [0.4, 0.5) is 0 Å². The normalized spacial score (nSPS) is 14.5. The summed E-state index contributed by atoms with van der Waals surface area (Å²) in [6.45, 7) is 8.31. The maximum absolute atomic E-state index is 12.7. The number of fused-ring (bicyclic) bond motifs is 1. The van der Waals surface area contributed by atoms with Crippen molar-refractivity contribution in [2.75, 3.05) is 32.7 Å². The zero-order valence-electron chi connectivity index (χ0n) is 19.7. The third-order valence-electron chi connectivity index (χ3n) is 6.33. The monoisotopic (exact) mass is 481 g/mol. The zero-order chi connectivity index (χ0) is 24.1. The summed E-state index contributed by atoms with van der Waals surface area (Å²) in [5.74, 6) is -0.127. The van der Waals surface area contributed by atoms with E-state index in [0.717, 1.165) is 43.2 Å². The topological polar surface area (TPSA) is 87.5 Å². The summed E-state index contributed by atoms with van der Waals surface area (Å²) >= 11 is 1.49. The average molecular weight is 482 g/mol. The summed E-state index contributed by atoms with van der Waals surface area (Å²) in [7, 11) is 0. The van der Waals surface area contributed by atoms with Gasteiger partial charge in [-0.25, -0.2) is 4.98 Å². The van der Waals surface area contributed by atoms with Crippen LogP contribution >= 0.6 is 11.3 Å². The fraction of sp³-hybridized carbons (Fsp3) is 0.440. The molecule has 1 saturated heterocycles. The molecule has 0 atom stereocenters. The number of aryl methyl sites for hydroxylation is 2. The van der Waals surface area contributed by atoms with E-state index < -0.39 is 0 Å². The van der Waals surface area contributed by atoms with Crippen molar-refractivity contribution in [3.05, 3.63) is 63.0 Å². The number of hydrogen-bond acceptors (Lipinski definition) is 6. The van der Waals surface area contributed by atoms with Gasteiger partial charge in [-0.1, -0.05) is 30.3 Å². The van der Waals surface area contributed by atoms with Gasteiger partial charge in [-0.05, 0) is 31.4 Å². The first-order valence-corrected chi connectivity index (χ1v) is 12.5. The van der Waals surface area contributed by atoms with Crippen LogP contribution in [0.1, 0.15) is 28.8 Å². The van der Waals surface area contributed by atoms with E-state index in [1.54, 1.807) is 0 Å². The summed E-state index contributed by atoms with van der Waals surface area (Å²) in [6, 6.07) is 10.4. The Labute approximate surface area is 203 Å². The van der Waals surface area contributed by atoms with Gasteiger partial charge >= 0.3 is 0 Å². The number of piperazine rings is 1. The number of carbonyl (C=O) groups excluding carboxylic acids is 2. The van der Waals surface area contributed by atoms with Crippen molar-refractivity contribution in [2.24, 2.45) is 0 Å². The van der Waals surface area contributed by atoms with Gasteiger partial charge in [0.25, 0.3) is 5.56 Å². The molecule has 0 spiro atoms. The second-order valence-corrected chi connectivity index (χ2v) is 9.94. The predicted octanol–water partition coefficient (Wildman–Crippen LogP) is 2.32. The van der Waals surface area contributed by atoms with Crippen molar-refractivity contribution in [1.82, 2.24) is 24.7 Å². The Morgan fingerprint density at radius 2 is 1.82 bits per heavy atom. The second kappa shape index (κ2) is 10.9. The van der Waals surface area contributed by atoms with Crippen molar-refractivity contribution in [3.8, 4) is 0 Å². The van der Waals surface area contributed by atoms with Gasteiger partial charge in [0.2, 0.25) is 11.8 Å². The second-order valence-electron chi connectivity index (χ2n) is 8.74. The smallest absolute Gasteiger partial charge is 0.262 e. The molecule has 0 aliphatic carbocycles. The van der Waals surface area contributed by atoms with Crippen LogP contribution < -0.4 is 10.9 Å². The first kappa shape index (κ1) is 24.1. The lowest BCUT2D eigenvalue weighted by atomic mass is 10.2. The van der Waals surface area contributed by atoms with Gasteiger partial charge in [0, 0.05) is 50.6 Å². The molecule has 0 radical (unpaired) electrons. The van der Waals surface area contributed by atoms with Crippen molar-refractivity contribution in [2.45, 2.75) is 39.8 Å². The van der Waals surface area contributed by atoms with Gasteiger partial charge < -0.3 is 10.2 Å². The quantitative estimate of drug-likeness (QED) is 0.499. The van der Waals surface area contributed by atoms with E-state index >= 15 is 0 Å². The summed E-state index contributed by atoms with van der Waals surface area (Å²) in [6.07, 6.45) is 2.41. The lowest BCUT2D eigenvalue weighted by Gasteiger charge is -2.34. The highest BCUT2D eigenvalue weighted by Gasteiger charge is 2.21. The van der Waals surface area contributed by atoms with E-state index in [2.05, 4.69) is 27.3 Å². The largest absolute Gasteiger partial charge is 0.355 e. The first-order valence-electron chi connectivity index (χ1n) is 11.7. The maximum Gasteiger partial charge on any atom is 0.262 e. The SMILES string of the molecule is Cc1sc2ncn(CC(=O)NCCCC(=O)N3CCN(Cc4ccccc4)CC3)c(=O)c2c1C. The van der Waals surface area contributed by atoms with Gasteiger partial charge in [0.15, 0.2) is 0 Å². The van der Waals surface area contributed by atoms with Crippen LogP contribution in [0.3, 0.4) is 0 Å². The Hall–Kier alpha value is -3.04. The molecule has 180 valence electrons. The highest BCUT2D eigenvalue weighted by Crippen LogP contribution is 2.25. The molecule has 8 nitrogen and oxygen atoms in total. The zero-order valence-corrected chi connectivity index (χ0v) is 20.6. The molecule has 0 saturated carbocycles. The molecule has 9 heteroatoms. The summed E-state index contributed by atoms with van der Waals surface area (Å²) in [5, 5.41) is 3.41. The molecule has 4 rings (SSSR count). The van der Waals surface area contributed by atoms with E-state index in [-0.39, 0.29) is 23.9 Å². The molecule has 0 bridgehead atoms. The molecular formula is C25H31N5O3S. The van der Waals surface area contributed by atoms with Crippen molar-refractivity contribution < 1.29 is 9.59 Å². The van der Waals surface area contributed by atoms with Crippen LogP contribution in [0.5, 0.6) is 0 Å². The molecule has 1 aliphatic heterocycles. The van der Waals surface area contributed by atoms with Gasteiger partial charge in [-0.15, -0.1) is 11.3 Å². The van der Waals surface area contributed by atoms with E-state index in [9.17, 15) is 14.4 Å². The van der Waals surface area contributed by atoms with Crippen LogP contribution in [-0.4, -0.2) is 63.9 Å². The van der Waals surface area contributed by atoms with E-state index in [0.29, 0.717) is 29.6 Å². The minimum Gasteiger partial charge on any atom is -0.355 e. The Kier molecular flexibility index (Phi) is 7.74. The molecule has 2 amide bonds. The fourth-order valence-corrected chi connectivity index (χ4v) is 5.20. The number of nitrogens with one attached hydrogen (secondary N) is 1. The molecule has 1 N–H and O–H groups in total. The number of nitrogens with zero attached hydrogens (tertiary/aromatic N) is 4. The van der Waals surface area contributed by atoms with Crippen LogP contribution in [0.25, 0.3) is 10.2 Å². The number of thiophene rings is 1.